The van der Waals surface area contributed by atoms with Crippen LogP contribution in [-0.4, -0.2) is 52.1 Å². The molecule has 1 saturated heterocycles. The molecule has 33 heavy (non-hydrogen) atoms. The monoisotopic (exact) mass is 442 g/mol. The quantitative estimate of drug-likeness (QED) is 0.710. The molecule has 0 spiro atoms. The van der Waals surface area contributed by atoms with Gasteiger partial charge in [0.15, 0.2) is 0 Å². The lowest BCUT2D eigenvalue weighted by atomic mass is 9.90. The third-order valence-corrected chi connectivity index (χ3v) is 8.17. The van der Waals surface area contributed by atoms with Crippen molar-refractivity contribution in [1.29, 1.82) is 0 Å². The third kappa shape index (κ3) is 4.12. The Kier molecular flexibility index (Phi) is 5.53. The molecule has 172 valence electrons. The number of carbonyl (C=O) groups is 1. The van der Waals surface area contributed by atoms with E-state index in [-0.39, 0.29) is 0 Å². The van der Waals surface area contributed by atoms with Crippen LogP contribution in [0, 0.1) is 12.8 Å². The van der Waals surface area contributed by atoms with Crippen LogP contribution in [0.4, 0.5) is 0 Å². The van der Waals surface area contributed by atoms with Crippen LogP contribution in [0.15, 0.2) is 35.5 Å². The van der Waals surface area contributed by atoms with E-state index in [9.17, 15) is 4.79 Å². The van der Waals surface area contributed by atoms with Gasteiger partial charge in [0.1, 0.15) is 0 Å². The van der Waals surface area contributed by atoms with E-state index < -0.39 is 0 Å². The molecule has 0 bridgehead atoms. The predicted molar refractivity (Wildman–Crippen MR) is 130 cm³/mol. The molecule has 0 unspecified atom stereocenters. The first-order chi connectivity index (χ1) is 16.1. The molecule has 6 rings (SSSR count). The molecule has 1 saturated carbocycles. The SMILES string of the molecule is Cc1cc(C2=NCc3cc4c(cc32)CN([C@@H]2CCCN(CC3CCCC3)C2)C(=O)C4)ccn1. The van der Waals surface area contributed by atoms with Crippen molar-refractivity contribution in [3.05, 3.63) is 64.0 Å². The summed E-state index contributed by atoms with van der Waals surface area (Å²) < 4.78 is 0. The number of rotatable bonds is 4. The number of fused-ring (bicyclic) bond motifs is 2. The highest BCUT2D eigenvalue weighted by Crippen LogP contribution is 2.32. The van der Waals surface area contributed by atoms with E-state index in [0.29, 0.717) is 24.9 Å². The molecule has 1 amide bonds. The van der Waals surface area contributed by atoms with E-state index >= 15 is 0 Å². The van der Waals surface area contributed by atoms with Crippen LogP contribution in [0.3, 0.4) is 0 Å². The molecule has 5 nitrogen and oxygen atoms in total. The van der Waals surface area contributed by atoms with E-state index in [4.69, 9.17) is 4.99 Å². The number of aryl methyl sites for hydroxylation is 1. The van der Waals surface area contributed by atoms with Gasteiger partial charge in [-0.15, -0.1) is 0 Å². The Morgan fingerprint density at radius 2 is 1.91 bits per heavy atom. The number of hydrogen-bond donors (Lipinski definition) is 0. The molecule has 5 heteroatoms. The van der Waals surface area contributed by atoms with E-state index in [1.54, 1.807) is 0 Å². The van der Waals surface area contributed by atoms with Gasteiger partial charge in [-0.3, -0.25) is 14.8 Å². The number of piperidine rings is 1. The lowest BCUT2D eigenvalue weighted by Gasteiger charge is -2.42. The summed E-state index contributed by atoms with van der Waals surface area (Å²) in [6.45, 7) is 6.95. The van der Waals surface area contributed by atoms with Crippen molar-refractivity contribution in [2.75, 3.05) is 19.6 Å². The minimum absolute atomic E-state index is 0.305. The van der Waals surface area contributed by atoms with Crippen LogP contribution in [0.5, 0.6) is 0 Å². The van der Waals surface area contributed by atoms with Crippen molar-refractivity contribution in [3.8, 4) is 0 Å². The zero-order valence-electron chi connectivity index (χ0n) is 19.7. The summed E-state index contributed by atoms with van der Waals surface area (Å²) >= 11 is 0. The predicted octanol–water partition coefficient (Wildman–Crippen LogP) is 4.28. The van der Waals surface area contributed by atoms with Gasteiger partial charge in [-0.05, 0) is 80.0 Å². The number of aromatic nitrogens is 1. The molecule has 2 aromatic rings. The largest absolute Gasteiger partial charge is 0.334 e. The van der Waals surface area contributed by atoms with E-state index in [2.05, 4.69) is 39.0 Å². The molecule has 1 atom stereocenters. The maximum atomic E-state index is 13.2. The van der Waals surface area contributed by atoms with Crippen LogP contribution in [0.2, 0.25) is 0 Å². The summed E-state index contributed by atoms with van der Waals surface area (Å²) in [7, 11) is 0. The van der Waals surface area contributed by atoms with Crippen molar-refractivity contribution >= 4 is 11.6 Å². The number of likely N-dealkylation sites (tertiary alicyclic amines) is 1. The minimum atomic E-state index is 0.305. The van der Waals surface area contributed by atoms with E-state index in [1.807, 2.05) is 13.1 Å². The Morgan fingerprint density at radius 3 is 2.76 bits per heavy atom. The molecule has 0 radical (unpaired) electrons. The van der Waals surface area contributed by atoms with E-state index in [1.165, 1.54) is 67.4 Å². The average molecular weight is 443 g/mol. The molecular formula is C28H34N4O. The molecule has 1 aliphatic carbocycles. The van der Waals surface area contributed by atoms with Gasteiger partial charge < -0.3 is 9.80 Å². The van der Waals surface area contributed by atoms with Crippen molar-refractivity contribution in [2.24, 2.45) is 10.9 Å². The van der Waals surface area contributed by atoms with Crippen molar-refractivity contribution < 1.29 is 4.79 Å². The first-order valence-corrected chi connectivity index (χ1v) is 12.8. The maximum absolute atomic E-state index is 13.2. The summed E-state index contributed by atoms with van der Waals surface area (Å²) in [6.07, 6.45) is 10.3. The normalized spacial score (nSPS) is 23.5. The van der Waals surface area contributed by atoms with Crippen LogP contribution in [-0.2, 0) is 24.3 Å². The van der Waals surface area contributed by atoms with Gasteiger partial charge in [0.25, 0.3) is 0 Å². The lowest BCUT2D eigenvalue weighted by Crippen LogP contribution is -2.52. The molecule has 2 fully saturated rings. The second-order valence-electron chi connectivity index (χ2n) is 10.5. The highest BCUT2D eigenvalue weighted by atomic mass is 16.2. The molecule has 4 heterocycles. The van der Waals surface area contributed by atoms with Crippen molar-refractivity contribution in [3.63, 3.8) is 0 Å². The van der Waals surface area contributed by atoms with Gasteiger partial charge in [-0.2, -0.15) is 0 Å². The van der Waals surface area contributed by atoms with Crippen LogP contribution >= 0.6 is 0 Å². The molecule has 1 aromatic heterocycles. The number of aliphatic imine (C=N–C) groups is 1. The number of carbonyl (C=O) groups excluding carboxylic acids is 1. The van der Waals surface area contributed by atoms with Gasteiger partial charge in [0.2, 0.25) is 5.91 Å². The minimum Gasteiger partial charge on any atom is -0.334 e. The van der Waals surface area contributed by atoms with Gasteiger partial charge in [-0.1, -0.05) is 18.9 Å². The van der Waals surface area contributed by atoms with Crippen LogP contribution in [0.25, 0.3) is 0 Å². The van der Waals surface area contributed by atoms with E-state index in [0.717, 1.165) is 42.4 Å². The smallest absolute Gasteiger partial charge is 0.227 e. The summed E-state index contributed by atoms with van der Waals surface area (Å²) in [5.41, 5.74) is 8.22. The lowest BCUT2D eigenvalue weighted by molar-refractivity contribution is -0.135. The first-order valence-electron chi connectivity index (χ1n) is 12.8. The molecule has 0 N–H and O–H groups in total. The third-order valence-electron chi connectivity index (χ3n) is 8.17. The van der Waals surface area contributed by atoms with Gasteiger partial charge >= 0.3 is 0 Å². The molecule has 4 aliphatic rings. The number of pyridine rings is 1. The number of amides is 1. The van der Waals surface area contributed by atoms with Crippen LogP contribution < -0.4 is 0 Å². The summed E-state index contributed by atoms with van der Waals surface area (Å²) in [5.74, 6) is 1.18. The van der Waals surface area contributed by atoms with Gasteiger partial charge in [0.05, 0.1) is 18.7 Å². The average Bonchev–Trinajstić information content (AvgIpc) is 3.47. The zero-order valence-corrected chi connectivity index (χ0v) is 19.7. The fraction of sp³-hybridized carbons (Fsp3) is 0.536. The Balaban J connectivity index is 1.22. The highest BCUT2D eigenvalue weighted by molar-refractivity contribution is 6.15. The molecule has 1 aromatic carbocycles. The Morgan fingerprint density at radius 1 is 1.03 bits per heavy atom. The van der Waals surface area contributed by atoms with Crippen molar-refractivity contribution in [2.45, 2.75) is 71.0 Å². The number of hydrogen-bond acceptors (Lipinski definition) is 4. The Labute approximate surface area is 196 Å². The molecular weight excluding hydrogens is 408 g/mol. The summed E-state index contributed by atoms with van der Waals surface area (Å²) in [5, 5.41) is 0. The Hall–Kier alpha value is -2.53. The van der Waals surface area contributed by atoms with Gasteiger partial charge in [-0.25, -0.2) is 0 Å². The number of benzene rings is 1. The standard InChI is InChI=1S/C28H34N4O/c1-19-11-21(8-9-29-19)28-26-13-24-17-32(27(33)14-22(24)12-23(26)15-30-28)25-7-4-10-31(18-25)16-20-5-2-3-6-20/h8-9,11-13,20,25H,2-7,10,14-18H2,1H3/t25-/m1/s1. The summed E-state index contributed by atoms with van der Waals surface area (Å²) in [4.78, 5) is 27.2. The second-order valence-corrected chi connectivity index (χ2v) is 10.5. The maximum Gasteiger partial charge on any atom is 0.227 e. The first kappa shape index (κ1) is 21.0. The molecule has 3 aliphatic heterocycles. The fourth-order valence-corrected chi connectivity index (χ4v) is 6.47. The highest BCUT2D eigenvalue weighted by Gasteiger charge is 2.34. The fourth-order valence-electron chi connectivity index (χ4n) is 6.47. The number of nitrogens with zero attached hydrogens (tertiary/aromatic N) is 4. The van der Waals surface area contributed by atoms with Gasteiger partial charge in [0, 0.05) is 48.7 Å². The van der Waals surface area contributed by atoms with Crippen molar-refractivity contribution in [1.82, 2.24) is 14.8 Å². The summed E-state index contributed by atoms with van der Waals surface area (Å²) in [6, 6.07) is 9.09. The second kappa shape index (κ2) is 8.68. The van der Waals surface area contributed by atoms with Crippen LogP contribution in [0.1, 0.15) is 72.0 Å². The topological polar surface area (TPSA) is 48.8 Å². The zero-order chi connectivity index (χ0) is 22.4. The Bertz CT molecular complexity index is 1100.